The summed E-state index contributed by atoms with van der Waals surface area (Å²) in [5.74, 6) is 0.633. The zero-order valence-electron chi connectivity index (χ0n) is 12.9. The van der Waals surface area contributed by atoms with Gasteiger partial charge in [0.05, 0.1) is 25.4 Å². The van der Waals surface area contributed by atoms with E-state index in [9.17, 15) is 0 Å². The highest BCUT2D eigenvalue weighted by Crippen LogP contribution is 2.43. The Bertz CT molecular complexity index is 249. The molecule has 0 bridgehead atoms. The van der Waals surface area contributed by atoms with E-state index in [0.717, 1.165) is 6.54 Å². The summed E-state index contributed by atoms with van der Waals surface area (Å²) in [6.07, 6.45) is 2.48. The van der Waals surface area contributed by atoms with Gasteiger partial charge in [-0.2, -0.15) is 0 Å². The van der Waals surface area contributed by atoms with Gasteiger partial charge in [0.2, 0.25) is 0 Å². The van der Waals surface area contributed by atoms with E-state index < -0.39 is 0 Å². The monoisotopic (exact) mass is 274 g/mol. The fourth-order valence-corrected chi connectivity index (χ4v) is 3.05. The van der Waals surface area contributed by atoms with Crippen LogP contribution in [0.4, 0.5) is 0 Å². The zero-order chi connectivity index (χ0) is 14.3. The quantitative estimate of drug-likeness (QED) is 0.602. The minimum Gasteiger partial charge on any atom is -0.383 e. The Labute approximate surface area is 117 Å². The van der Waals surface area contributed by atoms with E-state index in [-0.39, 0.29) is 5.54 Å². The molecular weight excluding hydrogens is 244 g/mol. The lowest BCUT2D eigenvalue weighted by atomic mass is 9.90. The van der Waals surface area contributed by atoms with E-state index in [0.29, 0.717) is 38.3 Å². The average molecular weight is 274 g/mol. The molecule has 0 spiro atoms. The first kappa shape index (κ1) is 16.9. The maximum atomic E-state index is 6.14. The van der Waals surface area contributed by atoms with Crippen molar-refractivity contribution in [3.8, 4) is 0 Å². The second-order valence-corrected chi connectivity index (χ2v) is 5.51. The highest BCUT2D eigenvalue weighted by molar-refractivity contribution is 5.05. The van der Waals surface area contributed by atoms with Gasteiger partial charge in [0.15, 0.2) is 0 Å². The molecule has 0 aromatic heterocycles. The number of ether oxygens (including phenoxy) is 3. The Balaban J connectivity index is 2.87. The van der Waals surface area contributed by atoms with Crippen LogP contribution in [-0.2, 0) is 14.2 Å². The first-order valence-electron chi connectivity index (χ1n) is 7.09. The fourth-order valence-electron chi connectivity index (χ4n) is 3.05. The van der Waals surface area contributed by atoms with Crippen molar-refractivity contribution in [2.45, 2.75) is 31.3 Å². The first-order valence-corrected chi connectivity index (χ1v) is 7.09. The Kier molecular flexibility index (Phi) is 7.25. The van der Waals surface area contributed by atoms with Crippen molar-refractivity contribution in [3.05, 3.63) is 0 Å². The summed E-state index contributed by atoms with van der Waals surface area (Å²) in [7, 11) is 5.22. The second kappa shape index (κ2) is 8.17. The van der Waals surface area contributed by atoms with Crippen molar-refractivity contribution in [2.24, 2.45) is 11.7 Å². The summed E-state index contributed by atoms with van der Waals surface area (Å²) in [5.41, 5.74) is 6.06. The van der Waals surface area contributed by atoms with E-state index in [1.54, 1.807) is 21.3 Å². The van der Waals surface area contributed by atoms with Gasteiger partial charge in [-0.3, -0.25) is 4.90 Å². The van der Waals surface area contributed by atoms with E-state index in [1.165, 1.54) is 12.8 Å². The molecule has 2 atom stereocenters. The van der Waals surface area contributed by atoms with Crippen molar-refractivity contribution >= 4 is 0 Å². The van der Waals surface area contributed by atoms with Gasteiger partial charge in [0.25, 0.3) is 0 Å². The van der Waals surface area contributed by atoms with Gasteiger partial charge in [-0.25, -0.2) is 0 Å². The van der Waals surface area contributed by atoms with Crippen molar-refractivity contribution in [1.82, 2.24) is 4.90 Å². The molecule has 1 aliphatic rings. The normalized spacial score (nSPS) is 20.5. The minimum atomic E-state index is -0.0781. The zero-order valence-corrected chi connectivity index (χ0v) is 12.9. The largest absolute Gasteiger partial charge is 0.383 e. The van der Waals surface area contributed by atoms with Crippen LogP contribution >= 0.6 is 0 Å². The van der Waals surface area contributed by atoms with Crippen LogP contribution < -0.4 is 5.73 Å². The summed E-state index contributed by atoms with van der Waals surface area (Å²) in [5, 5.41) is 0. The molecule has 0 aromatic rings. The summed E-state index contributed by atoms with van der Waals surface area (Å²) < 4.78 is 16.1. The van der Waals surface area contributed by atoms with Gasteiger partial charge in [0, 0.05) is 40.5 Å². The second-order valence-electron chi connectivity index (χ2n) is 5.51. The topological polar surface area (TPSA) is 57.0 Å². The predicted octanol–water partition coefficient (Wildman–Crippen LogP) is 0.724. The number of nitrogens with two attached hydrogens (primary N) is 1. The van der Waals surface area contributed by atoms with E-state index in [4.69, 9.17) is 19.9 Å². The van der Waals surface area contributed by atoms with Crippen LogP contribution in [0.2, 0.25) is 0 Å². The van der Waals surface area contributed by atoms with E-state index in [2.05, 4.69) is 11.8 Å². The molecule has 2 unspecified atom stereocenters. The number of hydrogen-bond acceptors (Lipinski definition) is 5. The van der Waals surface area contributed by atoms with Crippen molar-refractivity contribution in [2.75, 3.05) is 54.2 Å². The molecule has 2 N–H and O–H groups in total. The third-order valence-corrected chi connectivity index (χ3v) is 4.13. The van der Waals surface area contributed by atoms with Gasteiger partial charge in [0.1, 0.15) is 0 Å². The molecule has 0 aromatic carbocycles. The van der Waals surface area contributed by atoms with Crippen LogP contribution in [-0.4, -0.2) is 70.7 Å². The molecule has 0 saturated heterocycles. The number of methoxy groups -OCH3 is 3. The standard InChI is InChI=1S/C14H30N2O3/c1-12(9-18-3)16(7-8-17-2)14(10-15,11-19-4)13-5-6-13/h12-13H,5-11,15H2,1-4H3. The van der Waals surface area contributed by atoms with Crippen LogP contribution in [0.3, 0.4) is 0 Å². The van der Waals surface area contributed by atoms with Gasteiger partial charge < -0.3 is 19.9 Å². The molecular formula is C14H30N2O3. The predicted molar refractivity (Wildman–Crippen MR) is 76.3 cm³/mol. The lowest BCUT2D eigenvalue weighted by Crippen LogP contribution is -2.62. The third kappa shape index (κ3) is 4.13. The fraction of sp³-hybridized carbons (Fsp3) is 1.00. The molecule has 0 radical (unpaired) electrons. The molecule has 1 fully saturated rings. The molecule has 1 rings (SSSR count). The Hall–Kier alpha value is -0.200. The molecule has 5 nitrogen and oxygen atoms in total. The third-order valence-electron chi connectivity index (χ3n) is 4.13. The molecule has 0 amide bonds. The highest BCUT2D eigenvalue weighted by atomic mass is 16.5. The van der Waals surface area contributed by atoms with Gasteiger partial charge in [-0.15, -0.1) is 0 Å². The summed E-state index contributed by atoms with van der Waals surface area (Å²) in [4.78, 5) is 2.43. The van der Waals surface area contributed by atoms with E-state index >= 15 is 0 Å². The van der Waals surface area contributed by atoms with E-state index in [1.807, 2.05) is 0 Å². The van der Waals surface area contributed by atoms with Gasteiger partial charge >= 0.3 is 0 Å². The Morgan fingerprint density at radius 1 is 1.21 bits per heavy atom. The molecule has 0 aliphatic heterocycles. The number of rotatable bonds is 11. The lowest BCUT2D eigenvalue weighted by Gasteiger charge is -2.46. The summed E-state index contributed by atoms with van der Waals surface area (Å²) in [6, 6.07) is 0.305. The SMILES string of the molecule is COCCN(C(C)COC)C(CN)(COC)C1CC1. The Morgan fingerprint density at radius 3 is 2.32 bits per heavy atom. The van der Waals surface area contributed by atoms with Crippen LogP contribution in [0.25, 0.3) is 0 Å². The smallest absolute Gasteiger partial charge is 0.0661 e. The molecule has 114 valence electrons. The molecule has 1 saturated carbocycles. The highest BCUT2D eigenvalue weighted by Gasteiger charge is 2.49. The maximum absolute atomic E-state index is 6.14. The van der Waals surface area contributed by atoms with Crippen LogP contribution in [0.1, 0.15) is 19.8 Å². The molecule has 19 heavy (non-hydrogen) atoms. The number of nitrogens with zero attached hydrogens (tertiary/aromatic N) is 1. The van der Waals surface area contributed by atoms with Crippen LogP contribution in [0.5, 0.6) is 0 Å². The van der Waals surface area contributed by atoms with Gasteiger partial charge in [-0.05, 0) is 25.7 Å². The first-order chi connectivity index (χ1) is 9.16. The van der Waals surface area contributed by atoms with Crippen molar-refractivity contribution < 1.29 is 14.2 Å². The summed E-state index contributed by atoms with van der Waals surface area (Å²) >= 11 is 0. The summed E-state index contributed by atoms with van der Waals surface area (Å²) in [6.45, 7) is 5.73. The van der Waals surface area contributed by atoms with Gasteiger partial charge in [-0.1, -0.05) is 0 Å². The molecule has 0 heterocycles. The Morgan fingerprint density at radius 2 is 1.89 bits per heavy atom. The maximum Gasteiger partial charge on any atom is 0.0661 e. The molecule has 1 aliphatic carbocycles. The van der Waals surface area contributed by atoms with Crippen LogP contribution in [0.15, 0.2) is 0 Å². The molecule has 5 heteroatoms. The number of hydrogen-bond donors (Lipinski definition) is 1. The lowest BCUT2D eigenvalue weighted by molar-refractivity contribution is -0.0495. The minimum absolute atomic E-state index is 0.0781. The van der Waals surface area contributed by atoms with Crippen molar-refractivity contribution in [1.29, 1.82) is 0 Å². The van der Waals surface area contributed by atoms with Crippen molar-refractivity contribution in [3.63, 3.8) is 0 Å². The average Bonchev–Trinajstić information content (AvgIpc) is 3.22. The van der Waals surface area contributed by atoms with Crippen LogP contribution in [0, 0.1) is 5.92 Å².